The molecule has 108 valence electrons. The lowest BCUT2D eigenvalue weighted by Crippen LogP contribution is -1.73. The Labute approximate surface area is 132 Å². The van der Waals surface area contributed by atoms with Crippen molar-refractivity contribution in [2.24, 2.45) is 0 Å². The Morgan fingerprint density at radius 3 is 1.18 bits per heavy atom. The third kappa shape index (κ3) is 3.35. The van der Waals surface area contributed by atoms with Gasteiger partial charge in [-0.3, -0.25) is 0 Å². The van der Waals surface area contributed by atoms with Crippen LogP contribution in [0.3, 0.4) is 0 Å². The van der Waals surface area contributed by atoms with Crippen molar-refractivity contribution in [1.29, 1.82) is 0 Å². The molecule has 0 bridgehead atoms. The van der Waals surface area contributed by atoms with Gasteiger partial charge in [0.1, 0.15) is 0 Å². The first-order chi connectivity index (χ1) is 10.7. The summed E-state index contributed by atoms with van der Waals surface area (Å²) in [6.45, 7) is 4.24. The van der Waals surface area contributed by atoms with E-state index in [9.17, 15) is 0 Å². The van der Waals surface area contributed by atoms with Gasteiger partial charge in [0, 0.05) is 0 Å². The average molecular weight is 284 g/mol. The van der Waals surface area contributed by atoms with Crippen molar-refractivity contribution < 1.29 is 0 Å². The van der Waals surface area contributed by atoms with Gasteiger partial charge >= 0.3 is 0 Å². The molecule has 4 aromatic carbocycles. The molecule has 0 aromatic heterocycles. The van der Waals surface area contributed by atoms with E-state index in [4.69, 9.17) is 0 Å². The van der Waals surface area contributed by atoms with Gasteiger partial charge in [0.05, 0.1) is 0 Å². The molecule has 0 saturated heterocycles. The van der Waals surface area contributed by atoms with Crippen molar-refractivity contribution in [2.75, 3.05) is 0 Å². The van der Waals surface area contributed by atoms with E-state index in [1.54, 1.807) is 0 Å². The Bertz CT molecular complexity index is 826. The second-order valence-electron chi connectivity index (χ2n) is 5.70. The second kappa shape index (κ2) is 6.44. The van der Waals surface area contributed by atoms with Crippen molar-refractivity contribution in [1.82, 2.24) is 0 Å². The number of benzene rings is 4. The third-order valence-corrected chi connectivity index (χ3v) is 3.81. The molecule has 0 spiro atoms. The van der Waals surface area contributed by atoms with Gasteiger partial charge in [-0.1, -0.05) is 96.1 Å². The Balaban J connectivity index is 0.000000131. The molecule has 0 saturated carbocycles. The van der Waals surface area contributed by atoms with E-state index in [1.807, 2.05) is 0 Å². The Kier molecular flexibility index (Phi) is 4.20. The van der Waals surface area contributed by atoms with E-state index < -0.39 is 0 Å². The normalized spacial score (nSPS) is 10.3. The van der Waals surface area contributed by atoms with Crippen LogP contribution in [0.1, 0.15) is 11.1 Å². The maximum absolute atomic E-state index is 2.20. The highest BCUT2D eigenvalue weighted by atomic mass is 14.0. The Morgan fingerprint density at radius 1 is 0.409 bits per heavy atom. The summed E-state index contributed by atoms with van der Waals surface area (Å²) >= 11 is 0. The highest BCUT2D eigenvalue weighted by molar-refractivity contribution is 5.83. The minimum atomic E-state index is 1.32. The highest BCUT2D eigenvalue weighted by Gasteiger charge is 1.90. The lowest BCUT2D eigenvalue weighted by molar-refractivity contribution is 1.51. The van der Waals surface area contributed by atoms with E-state index in [-0.39, 0.29) is 0 Å². The van der Waals surface area contributed by atoms with E-state index in [2.05, 4.69) is 98.8 Å². The van der Waals surface area contributed by atoms with Crippen LogP contribution in [0, 0.1) is 13.8 Å². The Morgan fingerprint density at radius 2 is 0.773 bits per heavy atom. The quantitative estimate of drug-likeness (QED) is 0.355. The number of hydrogen-bond acceptors (Lipinski definition) is 0. The van der Waals surface area contributed by atoms with Gasteiger partial charge < -0.3 is 0 Å². The van der Waals surface area contributed by atoms with Crippen LogP contribution in [0.4, 0.5) is 0 Å². The molecule has 0 nitrogen and oxygen atoms in total. The average Bonchev–Trinajstić information content (AvgIpc) is 2.55. The zero-order valence-electron chi connectivity index (χ0n) is 13.1. The van der Waals surface area contributed by atoms with E-state index in [0.717, 1.165) is 0 Å². The Hall–Kier alpha value is -2.60. The first-order valence-corrected chi connectivity index (χ1v) is 7.63. The summed E-state index contributed by atoms with van der Waals surface area (Å²) in [5.74, 6) is 0. The van der Waals surface area contributed by atoms with Crippen LogP contribution in [0.5, 0.6) is 0 Å². The van der Waals surface area contributed by atoms with Crippen molar-refractivity contribution in [2.45, 2.75) is 13.8 Å². The summed E-state index contributed by atoms with van der Waals surface area (Å²) in [7, 11) is 0. The van der Waals surface area contributed by atoms with Crippen LogP contribution in [-0.2, 0) is 0 Å². The molecule has 0 radical (unpaired) electrons. The molecule has 0 heteroatoms. The SMILES string of the molecule is Cc1ccc2ccccc2c1.Cc1ccc2ccccc2c1. The zero-order chi connectivity index (χ0) is 15.4. The van der Waals surface area contributed by atoms with Crippen LogP contribution in [-0.4, -0.2) is 0 Å². The molecule has 0 unspecified atom stereocenters. The van der Waals surface area contributed by atoms with Gasteiger partial charge in [-0.15, -0.1) is 0 Å². The van der Waals surface area contributed by atoms with Gasteiger partial charge in [-0.25, -0.2) is 0 Å². The summed E-state index contributed by atoms with van der Waals surface area (Å²) in [6, 6.07) is 29.8. The van der Waals surface area contributed by atoms with Crippen LogP contribution >= 0.6 is 0 Å². The van der Waals surface area contributed by atoms with Crippen molar-refractivity contribution in [3.8, 4) is 0 Å². The fraction of sp³-hybridized carbons (Fsp3) is 0.0909. The molecule has 0 aliphatic carbocycles. The van der Waals surface area contributed by atoms with Gasteiger partial charge in [0.2, 0.25) is 0 Å². The lowest BCUT2D eigenvalue weighted by atomic mass is 10.1. The molecule has 0 fully saturated rings. The van der Waals surface area contributed by atoms with Gasteiger partial charge in [-0.2, -0.15) is 0 Å². The fourth-order valence-corrected chi connectivity index (χ4v) is 2.62. The smallest absolute Gasteiger partial charge is 0.0181 e. The standard InChI is InChI=1S/2C11H10/c2*1-9-6-7-10-4-2-3-5-11(10)8-9/h2*2-8H,1H3. The third-order valence-electron chi connectivity index (χ3n) is 3.81. The van der Waals surface area contributed by atoms with Gasteiger partial charge in [-0.05, 0) is 35.4 Å². The topological polar surface area (TPSA) is 0 Å². The maximum Gasteiger partial charge on any atom is -0.0181 e. The van der Waals surface area contributed by atoms with Crippen LogP contribution in [0.15, 0.2) is 84.9 Å². The molecular weight excluding hydrogens is 264 g/mol. The van der Waals surface area contributed by atoms with Crippen LogP contribution < -0.4 is 0 Å². The molecule has 0 amide bonds. The van der Waals surface area contributed by atoms with Crippen LogP contribution in [0.2, 0.25) is 0 Å². The summed E-state index contributed by atoms with van der Waals surface area (Å²) in [6.07, 6.45) is 0. The predicted molar refractivity (Wildman–Crippen MR) is 97.4 cm³/mol. The molecule has 0 aliphatic heterocycles. The number of aryl methyl sites for hydroxylation is 2. The molecule has 4 aromatic rings. The molecule has 0 heterocycles. The highest BCUT2D eigenvalue weighted by Crippen LogP contribution is 2.15. The van der Waals surface area contributed by atoms with Crippen LogP contribution in [0.25, 0.3) is 21.5 Å². The first-order valence-electron chi connectivity index (χ1n) is 7.63. The second-order valence-corrected chi connectivity index (χ2v) is 5.70. The summed E-state index contributed by atoms with van der Waals surface area (Å²) in [5.41, 5.74) is 2.65. The molecule has 4 rings (SSSR count). The fourth-order valence-electron chi connectivity index (χ4n) is 2.62. The van der Waals surface area contributed by atoms with E-state index in [0.29, 0.717) is 0 Å². The zero-order valence-corrected chi connectivity index (χ0v) is 13.1. The predicted octanol–water partition coefficient (Wildman–Crippen LogP) is 6.30. The minimum Gasteiger partial charge on any atom is -0.0616 e. The summed E-state index contributed by atoms with van der Waals surface area (Å²) in [5, 5.41) is 5.29. The van der Waals surface area contributed by atoms with Gasteiger partial charge in [0.25, 0.3) is 0 Å². The summed E-state index contributed by atoms with van der Waals surface area (Å²) < 4.78 is 0. The molecular formula is C22H20. The van der Waals surface area contributed by atoms with Crippen molar-refractivity contribution in [3.05, 3.63) is 96.1 Å². The molecule has 0 atom stereocenters. The number of hydrogen-bond donors (Lipinski definition) is 0. The number of rotatable bonds is 0. The monoisotopic (exact) mass is 284 g/mol. The maximum atomic E-state index is 2.20. The molecule has 0 aliphatic rings. The van der Waals surface area contributed by atoms with E-state index >= 15 is 0 Å². The number of fused-ring (bicyclic) bond motifs is 2. The minimum absolute atomic E-state index is 1.32. The van der Waals surface area contributed by atoms with Crippen molar-refractivity contribution >= 4 is 21.5 Å². The molecule has 22 heavy (non-hydrogen) atoms. The molecule has 0 N–H and O–H groups in total. The van der Waals surface area contributed by atoms with Crippen molar-refractivity contribution in [3.63, 3.8) is 0 Å². The largest absolute Gasteiger partial charge is 0.0616 e. The van der Waals surface area contributed by atoms with Gasteiger partial charge in [0.15, 0.2) is 0 Å². The lowest BCUT2D eigenvalue weighted by Gasteiger charge is -1.96. The van der Waals surface area contributed by atoms with E-state index in [1.165, 1.54) is 32.7 Å². The summed E-state index contributed by atoms with van der Waals surface area (Å²) in [4.78, 5) is 0. The first kappa shape index (κ1) is 14.3.